The summed E-state index contributed by atoms with van der Waals surface area (Å²) >= 11 is 11.8. The van der Waals surface area contributed by atoms with Gasteiger partial charge < -0.3 is 5.32 Å². The average molecular weight is 290 g/mol. The van der Waals surface area contributed by atoms with Crippen molar-refractivity contribution >= 4 is 23.2 Å². The first kappa shape index (κ1) is 14.2. The van der Waals surface area contributed by atoms with E-state index in [2.05, 4.69) is 27.4 Å². The Hall–Kier alpha value is -0.250. The van der Waals surface area contributed by atoms with Crippen LogP contribution in [-0.4, -0.2) is 27.1 Å². The number of alkyl halides is 2. The molecule has 1 N–H and O–H groups in total. The zero-order valence-corrected chi connectivity index (χ0v) is 12.3. The molecule has 1 fully saturated rings. The minimum atomic E-state index is -0.222. The molecule has 1 aliphatic rings. The molecule has 0 aromatic carbocycles. The predicted molar refractivity (Wildman–Crippen MR) is 76.4 cm³/mol. The van der Waals surface area contributed by atoms with Crippen LogP contribution in [0, 0.1) is 0 Å². The van der Waals surface area contributed by atoms with Gasteiger partial charge in [-0.05, 0) is 25.8 Å². The van der Waals surface area contributed by atoms with Gasteiger partial charge in [0, 0.05) is 30.0 Å². The summed E-state index contributed by atoms with van der Waals surface area (Å²) in [6, 6.07) is 2.68. The Morgan fingerprint density at radius 3 is 2.67 bits per heavy atom. The van der Waals surface area contributed by atoms with E-state index >= 15 is 0 Å². The van der Waals surface area contributed by atoms with Gasteiger partial charge in [0.1, 0.15) is 0 Å². The third-order valence-electron chi connectivity index (χ3n) is 3.65. The van der Waals surface area contributed by atoms with Crippen molar-refractivity contribution in [3.8, 4) is 0 Å². The van der Waals surface area contributed by atoms with E-state index in [0.29, 0.717) is 17.8 Å². The highest BCUT2D eigenvalue weighted by Crippen LogP contribution is 2.28. The zero-order chi connectivity index (χ0) is 13.0. The second-order valence-electron chi connectivity index (χ2n) is 5.41. The van der Waals surface area contributed by atoms with Crippen molar-refractivity contribution in [2.75, 3.05) is 11.8 Å². The van der Waals surface area contributed by atoms with Crippen LogP contribution in [0.15, 0.2) is 12.3 Å². The fourth-order valence-electron chi connectivity index (χ4n) is 2.28. The molecule has 18 heavy (non-hydrogen) atoms. The summed E-state index contributed by atoms with van der Waals surface area (Å²) in [5, 5.41) is 8.01. The first-order chi connectivity index (χ1) is 8.67. The first-order valence-corrected chi connectivity index (χ1v) is 7.65. The van der Waals surface area contributed by atoms with Crippen LogP contribution in [0.25, 0.3) is 0 Å². The average Bonchev–Trinajstić information content (AvgIpc) is 3.06. The van der Waals surface area contributed by atoms with Crippen molar-refractivity contribution < 1.29 is 0 Å². The van der Waals surface area contributed by atoms with E-state index < -0.39 is 0 Å². The topological polar surface area (TPSA) is 29.9 Å². The normalized spacial score (nSPS) is 17.5. The van der Waals surface area contributed by atoms with Gasteiger partial charge in [0.15, 0.2) is 0 Å². The molecule has 0 radical (unpaired) electrons. The molecule has 1 heterocycles. The highest BCUT2D eigenvalue weighted by Gasteiger charge is 2.22. The molecule has 1 aromatic rings. The van der Waals surface area contributed by atoms with Gasteiger partial charge in [-0.15, -0.1) is 23.2 Å². The number of aromatic nitrogens is 2. The lowest BCUT2D eigenvalue weighted by molar-refractivity contribution is 0.421. The fourth-order valence-corrected chi connectivity index (χ4v) is 2.75. The Morgan fingerprint density at radius 2 is 2.06 bits per heavy atom. The van der Waals surface area contributed by atoms with E-state index in [9.17, 15) is 0 Å². The molecule has 0 spiro atoms. The molecule has 0 amide bonds. The van der Waals surface area contributed by atoms with Gasteiger partial charge in [-0.25, -0.2) is 0 Å². The van der Waals surface area contributed by atoms with Crippen LogP contribution >= 0.6 is 23.2 Å². The second kappa shape index (κ2) is 6.27. The van der Waals surface area contributed by atoms with Gasteiger partial charge in [0.2, 0.25) is 0 Å². The van der Waals surface area contributed by atoms with Crippen LogP contribution in [0.4, 0.5) is 0 Å². The lowest BCUT2D eigenvalue weighted by Crippen LogP contribution is -2.45. The molecule has 5 heteroatoms. The van der Waals surface area contributed by atoms with Crippen molar-refractivity contribution in [3.05, 3.63) is 18.0 Å². The number of nitrogens with one attached hydrogen (secondary N) is 1. The minimum Gasteiger partial charge on any atom is -0.304 e. The summed E-state index contributed by atoms with van der Waals surface area (Å²) in [6.07, 6.45) is 7.26. The zero-order valence-electron chi connectivity index (χ0n) is 10.8. The largest absolute Gasteiger partial charge is 0.304 e. The van der Waals surface area contributed by atoms with Crippen molar-refractivity contribution in [2.45, 2.75) is 50.7 Å². The molecular weight excluding hydrogens is 269 g/mol. The van der Waals surface area contributed by atoms with E-state index in [4.69, 9.17) is 23.2 Å². The van der Waals surface area contributed by atoms with E-state index in [1.165, 1.54) is 25.7 Å². The molecule has 0 bridgehead atoms. The van der Waals surface area contributed by atoms with Crippen LogP contribution in [0.2, 0.25) is 0 Å². The van der Waals surface area contributed by atoms with Gasteiger partial charge in [-0.2, -0.15) is 5.10 Å². The Kier molecular flexibility index (Phi) is 4.93. The Balaban J connectivity index is 1.90. The highest BCUT2D eigenvalue weighted by atomic mass is 35.5. The summed E-state index contributed by atoms with van der Waals surface area (Å²) in [6.45, 7) is 2.75. The molecule has 102 valence electrons. The molecule has 2 rings (SSSR count). The maximum Gasteiger partial charge on any atom is 0.0762 e. The molecule has 0 saturated heterocycles. The molecule has 0 atom stereocenters. The molecule has 1 aromatic heterocycles. The van der Waals surface area contributed by atoms with Crippen LogP contribution in [0.5, 0.6) is 0 Å². The minimum absolute atomic E-state index is 0.222. The molecule has 1 aliphatic carbocycles. The van der Waals surface area contributed by atoms with Crippen LogP contribution < -0.4 is 5.32 Å². The van der Waals surface area contributed by atoms with E-state index in [-0.39, 0.29) is 5.54 Å². The van der Waals surface area contributed by atoms with Crippen molar-refractivity contribution in [1.29, 1.82) is 0 Å². The van der Waals surface area contributed by atoms with E-state index in [1.807, 2.05) is 6.92 Å². The van der Waals surface area contributed by atoms with Crippen molar-refractivity contribution in [2.24, 2.45) is 0 Å². The van der Waals surface area contributed by atoms with Crippen LogP contribution in [0.1, 0.15) is 44.3 Å². The monoisotopic (exact) mass is 289 g/mol. The maximum absolute atomic E-state index is 5.91. The third kappa shape index (κ3) is 3.40. The standard InChI is InChI=1S/C13H21Cl2N3/c1-13(9-14,10-15)16-8-11-6-7-18(17-11)12-4-2-3-5-12/h6-7,12,16H,2-5,8-10H2,1H3. The molecule has 0 aliphatic heterocycles. The van der Waals surface area contributed by atoms with Crippen molar-refractivity contribution in [1.82, 2.24) is 15.1 Å². The Morgan fingerprint density at radius 1 is 1.39 bits per heavy atom. The number of hydrogen-bond donors (Lipinski definition) is 1. The quantitative estimate of drug-likeness (QED) is 0.814. The summed E-state index contributed by atoms with van der Waals surface area (Å²) < 4.78 is 2.11. The lowest BCUT2D eigenvalue weighted by atomic mass is 10.1. The molecule has 0 unspecified atom stereocenters. The SMILES string of the molecule is CC(CCl)(CCl)NCc1ccn(C2CCCC2)n1. The molecular formula is C13H21Cl2N3. The van der Waals surface area contributed by atoms with Gasteiger partial charge in [0.25, 0.3) is 0 Å². The van der Waals surface area contributed by atoms with Gasteiger partial charge >= 0.3 is 0 Å². The summed E-state index contributed by atoms with van der Waals surface area (Å²) in [4.78, 5) is 0. The van der Waals surface area contributed by atoms with Gasteiger partial charge in [-0.3, -0.25) is 4.68 Å². The lowest BCUT2D eigenvalue weighted by Gasteiger charge is -2.25. The van der Waals surface area contributed by atoms with E-state index in [0.717, 1.165) is 12.2 Å². The summed E-state index contributed by atoms with van der Waals surface area (Å²) in [5.41, 5.74) is 0.837. The summed E-state index contributed by atoms with van der Waals surface area (Å²) in [7, 11) is 0. The van der Waals surface area contributed by atoms with Crippen LogP contribution in [-0.2, 0) is 6.54 Å². The molecule has 3 nitrogen and oxygen atoms in total. The number of nitrogens with zero attached hydrogens (tertiary/aromatic N) is 2. The van der Waals surface area contributed by atoms with Gasteiger partial charge in [0.05, 0.1) is 11.7 Å². The Labute approximate surface area is 119 Å². The highest BCUT2D eigenvalue weighted by molar-refractivity contribution is 6.22. The molecule has 1 saturated carbocycles. The number of halogens is 2. The predicted octanol–water partition coefficient (Wildman–Crippen LogP) is 3.32. The number of rotatable bonds is 6. The Bertz CT molecular complexity index is 368. The third-order valence-corrected chi connectivity index (χ3v) is 4.83. The maximum atomic E-state index is 5.91. The number of hydrogen-bond acceptors (Lipinski definition) is 2. The summed E-state index contributed by atoms with van der Waals surface area (Å²) in [5.74, 6) is 1.000. The fraction of sp³-hybridized carbons (Fsp3) is 0.769. The smallest absolute Gasteiger partial charge is 0.0762 e. The van der Waals surface area contributed by atoms with E-state index in [1.54, 1.807) is 0 Å². The second-order valence-corrected chi connectivity index (χ2v) is 5.94. The van der Waals surface area contributed by atoms with Crippen molar-refractivity contribution in [3.63, 3.8) is 0 Å². The van der Waals surface area contributed by atoms with Gasteiger partial charge in [-0.1, -0.05) is 12.8 Å². The first-order valence-electron chi connectivity index (χ1n) is 6.58. The van der Waals surface area contributed by atoms with Crippen LogP contribution in [0.3, 0.4) is 0 Å².